The standard InChI is InChI=1S/C15H22N2.2ClH/c16-12-6-8-13(9-7-12)17-15-10-14(15)11-4-2-1-3-5-11;;/h1-5,12-15,17H,6-10,16H2;2*1H/t12-,13-,14-,15+;;/m0../s1. The minimum absolute atomic E-state index is 0. The molecule has 0 radical (unpaired) electrons. The Morgan fingerprint density at radius 3 is 2.21 bits per heavy atom. The van der Waals surface area contributed by atoms with Crippen LogP contribution in [-0.4, -0.2) is 18.1 Å². The van der Waals surface area contributed by atoms with Crippen molar-refractivity contribution in [2.75, 3.05) is 0 Å². The molecule has 1 aromatic rings. The molecule has 2 atom stereocenters. The van der Waals surface area contributed by atoms with Crippen molar-refractivity contribution in [2.45, 2.75) is 56.1 Å². The summed E-state index contributed by atoms with van der Waals surface area (Å²) in [7, 11) is 0. The van der Waals surface area contributed by atoms with Crippen molar-refractivity contribution in [3.8, 4) is 0 Å². The van der Waals surface area contributed by atoms with E-state index in [0.29, 0.717) is 12.1 Å². The first-order valence-corrected chi connectivity index (χ1v) is 6.89. The Labute approximate surface area is 128 Å². The van der Waals surface area contributed by atoms with Gasteiger partial charge in [-0.1, -0.05) is 30.3 Å². The first-order valence-electron chi connectivity index (χ1n) is 6.89. The van der Waals surface area contributed by atoms with Crippen LogP contribution in [0.15, 0.2) is 30.3 Å². The van der Waals surface area contributed by atoms with Crippen LogP contribution >= 0.6 is 24.8 Å². The number of hydrogen-bond acceptors (Lipinski definition) is 2. The fourth-order valence-electron chi connectivity index (χ4n) is 3.04. The SMILES string of the molecule is Cl.Cl.N[C@H]1CC[C@H](N[C@@H]2C[C@H]2c2ccccc2)CC1. The van der Waals surface area contributed by atoms with E-state index in [2.05, 4.69) is 35.6 Å². The Morgan fingerprint density at radius 1 is 0.947 bits per heavy atom. The van der Waals surface area contributed by atoms with Crippen LogP contribution in [0.25, 0.3) is 0 Å². The van der Waals surface area contributed by atoms with Crippen molar-refractivity contribution in [3.63, 3.8) is 0 Å². The van der Waals surface area contributed by atoms with E-state index in [1.54, 1.807) is 0 Å². The molecular formula is C15H24Cl2N2. The van der Waals surface area contributed by atoms with Gasteiger partial charge in [0, 0.05) is 24.0 Å². The second-order valence-corrected chi connectivity index (χ2v) is 5.64. The van der Waals surface area contributed by atoms with E-state index in [0.717, 1.165) is 12.0 Å². The molecule has 2 aliphatic rings. The highest BCUT2D eigenvalue weighted by atomic mass is 35.5. The first kappa shape index (κ1) is 16.8. The third-order valence-corrected chi connectivity index (χ3v) is 4.24. The summed E-state index contributed by atoms with van der Waals surface area (Å²) < 4.78 is 0. The fourth-order valence-corrected chi connectivity index (χ4v) is 3.04. The van der Waals surface area contributed by atoms with Gasteiger partial charge in [0.15, 0.2) is 0 Å². The van der Waals surface area contributed by atoms with Gasteiger partial charge in [0.05, 0.1) is 0 Å². The Kier molecular flexibility index (Phi) is 6.61. The highest BCUT2D eigenvalue weighted by molar-refractivity contribution is 5.85. The topological polar surface area (TPSA) is 38.0 Å². The summed E-state index contributed by atoms with van der Waals surface area (Å²) in [5.74, 6) is 0.756. The minimum Gasteiger partial charge on any atom is -0.328 e. The summed E-state index contributed by atoms with van der Waals surface area (Å²) in [4.78, 5) is 0. The van der Waals surface area contributed by atoms with E-state index in [9.17, 15) is 0 Å². The van der Waals surface area contributed by atoms with Gasteiger partial charge in [-0.25, -0.2) is 0 Å². The molecule has 0 heterocycles. The number of benzene rings is 1. The van der Waals surface area contributed by atoms with Gasteiger partial charge in [0.1, 0.15) is 0 Å². The van der Waals surface area contributed by atoms with Crippen LogP contribution in [0.1, 0.15) is 43.6 Å². The van der Waals surface area contributed by atoms with Crippen LogP contribution in [0, 0.1) is 0 Å². The van der Waals surface area contributed by atoms with Gasteiger partial charge in [0.2, 0.25) is 0 Å². The summed E-state index contributed by atoms with van der Waals surface area (Å²) in [5.41, 5.74) is 7.43. The minimum atomic E-state index is 0. The van der Waals surface area contributed by atoms with Crippen LogP contribution in [0.4, 0.5) is 0 Å². The molecule has 0 spiro atoms. The zero-order valence-corrected chi connectivity index (χ0v) is 12.8. The molecule has 3 N–H and O–H groups in total. The molecule has 2 saturated carbocycles. The van der Waals surface area contributed by atoms with Gasteiger partial charge in [0.25, 0.3) is 0 Å². The van der Waals surface area contributed by atoms with Crippen LogP contribution in [-0.2, 0) is 0 Å². The molecule has 0 aromatic heterocycles. The number of nitrogens with two attached hydrogens (primary N) is 1. The van der Waals surface area contributed by atoms with E-state index in [1.165, 1.54) is 37.7 Å². The molecule has 4 heteroatoms. The fraction of sp³-hybridized carbons (Fsp3) is 0.600. The number of rotatable bonds is 3. The first-order chi connectivity index (χ1) is 8.33. The third-order valence-electron chi connectivity index (χ3n) is 4.24. The smallest absolute Gasteiger partial charge is 0.0145 e. The van der Waals surface area contributed by atoms with Gasteiger partial charge in [-0.3, -0.25) is 0 Å². The molecule has 19 heavy (non-hydrogen) atoms. The normalized spacial score (nSPS) is 32.9. The van der Waals surface area contributed by atoms with Crippen molar-refractivity contribution in [1.29, 1.82) is 0 Å². The lowest BCUT2D eigenvalue weighted by Crippen LogP contribution is -2.38. The van der Waals surface area contributed by atoms with E-state index in [-0.39, 0.29) is 24.8 Å². The van der Waals surface area contributed by atoms with Crippen molar-refractivity contribution in [1.82, 2.24) is 5.32 Å². The summed E-state index contributed by atoms with van der Waals surface area (Å²) in [6.07, 6.45) is 6.23. The Morgan fingerprint density at radius 2 is 1.58 bits per heavy atom. The predicted molar refractivity (Wildman–Crippen MR) is 85.5 cm³/mol. The number of halogens is 2. The lowest BCUT2D eigenvalue weighted by Gasteiger charge is -2.27. The highest BCUT2D eigenvalue weighted by Crippen LogP contribution is 2.41. The van der Waals surface area contributed by atoms with E-state index in [4.69, 9.17) is 5.73 Å². The van der Waals surface area contributed by atoms with Crippen LogP contribution in [0.2, 0.25) is 0 Å². The van der Waals surface area contributed by atoms with Crippen molar-refractivity contribution in [3.05, 3.63) is 35.9 Å². The van der Waals surface area contributed by atoms with Gasteiger partial charge >= 0.3 is 0 Å². The molecule has 2 fully saturated rings. The predicted octanol–water partition coefficient (Wildman–Crippen LogP) is 3.25. The summed E-state index contributed by atoms with van der Waals surface area (Å²) >= 11 is 0. The second kappa shape index (κ2) is 7.49. The van der Waals surface area contributed by atoms with Gasteiger partial charge in [-0.15, -0.1) is 24.8 Å². The lowest BCUT2D eigenvalue weighted by molar-refractivity contribution is 0.339. The molecule has 0 unspecified atom stereocenters. The maximum Gasteiger partial charge on any atom is 0.0145 e. The van der Waals surface area contributed by atoms with E-state index in [1.807, 2.05) is 0 Å². The average molecular weight is 303 g/mol. The molecule has 0 aliphatic heterocycles. The maximum atomic E-state index is 5.93. The molecule has 0 amide bonds. The van der Waals surface area contributed by atoms with Gasteiger partial charge < -0.3 is 11.1 Å². The molecule has 2 nitrogen and oxygen atoms in total. The molecule has 2 aliphatic carbocycles. The molecular weight excluding hydrogens is 279 g/mol. The van der Waals surface area contributed by atoms with E-state index < -0.39 is 0 Å². The summed E-state index contributed by atoms with van der Waals surface area (Å²) in [5, 5.41) is 3.81. The zero-order valence-electron chi connectivity index (χ0n) is 11.1. The maximum absolute atomic E-state index is 5.93. The third kappa shape index (κ3) is 4.35. The molecule has 0 saturated heterocycles. The zero-order chi connectivity index (χ0) is 11.7. The van der Waals surface area contributed by atoms with Crippen molar-refractivity contribution >= 4 is 24.8 Å². The molecule has 0 bridgehead atoms. The van der Waals surface area contributed by atoms with Crippen LogP contribution in [0.5, 0.6) is 0 Å². The monoisotopic (exact) mass is 302 g/mol. The average Bonchev–Trinajstić information content (AvgIpc) is 3.13. The quantitative estimate of drug-likeness (QED) is 0.899. The Bertz CT molecular complexity index is 364. The Hall–Kier alpha value is -0.280. The van der Waals surface area contributed by atoms with Crippen molar-refractivity contribution in [2.24, 2.45) is 5.73 Å². The number of nitrogens with one attached hydrogen (secondary N) is 1. The van der Waals surface area contributed by atoms with Crippen molar-refractivity contribution < 1.29 is 0 Å². The molecule has 1 aromatic carbocycles. The van der Waals surface area contributed by atoms with E-state index >= 15 is 0 Å². The summed E-state index contributed by atoms with van der Waals surface area (Å²) in [6, 6.07) is 12.8. The Balaban J connectivity index is 0.000000902. The number of hydrogen-bond donors (Lipinski definition) is 2. The largest absolute Gasteiger partial charge is 0.328 e. The van der Waals surface area contributed by atoms with Gasteiger partial charge in [-0.2, -0.15) is 0 Å². The summed E-state index contributed by atoms with van der Waals surface area (Å²) in [6.45, 7) is 0. The van der Waals surface area contributed by atoms with Crippen LogP contribution < -0.4 is 11.1 Å². The van der Waals surface area contributed by atoms with Gasteiger partial charge in [-0.05, 0) is 37.7 Å². The lowest BCUT2D eigenvalue weighted by atomic mass is 9.92. The molecule has 3 rings (SSSR count). The van der Waals surface area contributed by atoms with Crippen LogP contribution in [0.3, 0.4) is 0 Å². The molecule has 108 valence electrons. The second-order valence-electron chi connectivity index (χ2n) is 5.64. The highest BCUT2D eigenvalue weighted by Gasteiger charge is 2.39.